The molecule has 1 saturated carbocycles. The zero-order valence-corrected chi connectivity index (χ0v) is 13.4. The van der Waals surface area contributed by atoms with Crippen LogP contribution in [0.1, 0.15) is 29.6 Å². The first-order valence-electron chi connectivity index (χ1n) is 7.46. The van der Waals surface area contributed by atoms with Crippen LogP contribution in [-0.4, -0.2) is 45.5 Å². The first kappa shape index (κ1) is 17.1. The molecule has 1 aliphatic heterocycles. The highest BCUT2D eigenvalue weighted by molar-refractivity contribution is 8.00. The molecule has 0 unspecified atom stereocenters. The van der Waals surface area contributed by atoms with E-state index in [-0.39, 0.29) is 24.6 Å². The monoisotopic (exact) mass is 360 g/mol. The predicted molar refractivity (Wildman–Crippen MR) is 79.5 cm³/mol. The van der Waals surface area contributed by atoms with Crippen LogP contribution in [0.25, 0.3) is 0 Å². The van der Waals surface area contributed by atoms with Crippen LogP contribution in [0.5, 0.6) is 0 Å². The van der Waals surface area contributed by atoms with Crippen LogP contribution in [-0.2, 0) is 4.79 Å². The first-order valence-corrected chi connectivity index (χ1v) is 8.28. The minimum Gasteiger partial charge on any atom is -0.481 e. The topological polar surface area (TPSA) is 70.5 Å². The smallest absolute Gasteiger partial charge is 0.447 e. The number of alkyl halides is 3. The molecular formula is C15H15F3N2O3S. The summed E-state index contributed by atoms with van der Waals surface area (Å²) in [6.45, 7) is 0.299. The minimum atomic E-state index is -4.55. The number of carbonyl (C=O) groups excluding carboxylic acids is 1. The molecule has 130 valence electrons. The van der Waals surface area contributed by atoms with Crippen LogP contribution in [0.4, 0.5) is 13.2 Å². The molecule has 0 radical (unpaired) electrons. The van der Waals surface area contributed by atoms with Crippen molar-refractivity contribution in [3.05, 3.63) is 23.9 Å². The number of hydrogen-bond acceptors (Lipinski definition) is 4. The van der Waals surface area contributed by atoms with E-state index in [4.69, 9.17) is 0 Å². The quantitative estimate of drug-likeness (QED) is 0.839. The van der Waals surface area contributed by atoms with Gasteiger partial charge < -0.3 is 10.0 Å². The van der Waals surface area contributed by atoms with Crippen molar-refractivity contribution in [2.24, 2.45) is 11.3 Å². The summed E-state index contributed by atoms with van der Waals surface area (Å²) in [4.78, 5) is 29.3. The van der Waals surface area contributed by atoms with Crippen molar-refractivity contribution >= 4 is 23.6 Å². The Labute approximate surface area is 140 Å². The Bertz CT molecular complexity index is 682. The summed E-state index contributed by atoms with van der Waals surface area (Å²) in [6, 6.07) is 2.70. The third kappa shape index (κ3) is 2.97. The number of aromatic nitrogens is 1. The number of nitrogens with zero attached hydrogens (tertiary/aromatic N) is 2. The van der Waals surface area contributed by atoms with Crippen LogP contribution < -0.4 is 0 Å². The molecule has 1 amide bonds. The number of fused-ring (bicyclic) bond motifs is 1. The average Bonchev–Trinajstić information content (AvgIpc) is 3.03. The number of rotatable bonds is 3. The second-order valence-electron chi connectivity index (χ2n) is 6.14. The van der Waals surface area contributed by atoms with Crippen LogP contribution in [0.3, 0.4) is 0 Å². The fourth-order valence-electron chi connectivity index (χ4n) is 3.71. The predicted octanol–water partition coefficient (Wildman–Crippen LogP) is 3.02. The van der Waals surface area contributed by atoms with E-state index in [0.29, 0.717) is 12.8 Å². The Balaban J connectivity index is 1.85. The number of carboxylic acid groups (broad SMARTS) is 1. The van der Waals surface area contributed by atoms with Gasteiger partial charge in [0, 0.05) is 31.0 Å². The highest BCUT2D eigenvalue weighted by Gasteiger charge is 2.56. The van der Waals surface area contributed by atoms with Gasteiger partial charge >= 0.3 is 11.5 Å². The standard InChI is InChI=1S/C15H15F3N2O3S/c16-15(17,18)24-11-10(4-2-6-19-11)12(21)20-7-9-3-1-5-14(9,8-20)13(22)23/h2,4,6,9H,1,3,5,7-8H2,(H,22,23)/t9-,14+/m0/s1. The molecule has 0 spiro atoms. The molecule has 2 atom stereocenters. The minimum absolute atomic E-state index is 0.0385. The van der Waals surface area contributed by atoms with E-state index in [9.17, 15) is 27.9 Å². The van der Waals surface area contributed by atoms with Crippen molar-refractivity contribution in [2.75, 3.05) is 13.1 Å². The molecule has 2 aliphatic rings. The van der Waals surface area contributed by atoms with E-state index in [1.165, 1.54) is 23.2 Å². The normalized spacial score (nSPS) is 26.5. The number of aliphatic carboxylic acids is 1. The van der Waals surface area contributed by atoms with Crippen LogP contribution in [0.2, 0.25) is 0 Å². The Morgan fingerprint density at radius 1 is 1.42 bits per heavy atom. The van der Waals surface area contributed by atoms with E-state index in [0.717, 1.165) is 6.42 Å². The number of carboxylic acids is 1. The van der Waals surface area contributed by atoms with Crippen molar-refractivity contribution in [3.63, 3.8) is 0 Å². The summed E-state index contributed by atoms with van der Waals surface area (Å²) in [6.07, 6.45) is 3.20. The number of pyridine rings is 1. The lowest BCUT2D eigenvalue weighted by Crippen LogP contribution is -2.37. The lowest BCUT2D eigenvalue weighted by atomic mass is 9.81. The molecule has 1 N–H and O–H groups in total. The summed E-state index contributed by atoms with van der Waals surface area (Å²) < 4.78 is 37.9. The van der Waals surface area contributed by atoms with E-state index < -0.39 is 39.6 Å². The summed E-state index contributed by atoms with van der Waals surface area (Å²) in [5.74, 6) is -1.67. The fraction of sp³-hybridized carbons (Fsp3) is 0.533. The number of thioether (sulfide) groups is 1. The maximum Gasteiger partial charge on any atom is 0.447 e. The molecule has 1 aromatic rings. The van der Waals surface area contributed by atoms with E-state index >= 15 is 0 Å². The third-order valence-corrected chi connectivity index (χ3v) is 5.55. The molecule has 0 bridgehead atoms. The Morgan fingerprint density at radius 2 is 2.17 bits per heavy atom. The van der Waals surface area contributed by atoms with Crippen molar-refractivity contribution < 1.29 is 27.9 Å². The number of hydrogen-bond donors (Lipinski definition) is 1. The number of carbonyl (C=O) groups is 2. The van der Waals surface area contributed by atoms with Gasteiger partial charge in [-0.25, -0.2) is 4.98 Å². The molecule has 24 heavy (non-hydrogen) atoms. The van der Waals surface area contributed by atoms with Gasteiger partial charge in [0.05, 0.1) is 11.0 Å². The summed E-state index contributed by atoms with van der Waals surface area (Å²) >= 11 is -0.434. The molecular weight excluding hydrogens is 345 g/mol. The zero-order valence-electron chi connectivity index (χ0n) is 12.5. The second kappa shape index (κ2) is 5.94. The Hall–Kier alpha value is -1.77. The Morgan fingerprint density at radius 3 is 2.79 bits per heavy atom. The molecule has 1 aromatic heterocycles. The van der Waals surface area contributed by atoms with Gasteiger partial charge in [-0.3, -0.25) is 9.59 Å². The van der Waals surface area contributed by atoms with Gasteiger partial charge in [0.2, 0.25) is 0 Å². The van der Waals surface area contributed by atoms with E-state index in [1.807, 2.05) is 0 Å². The fourth-order valence-corrected chi connectivity index (χ4v) is 4.31. The van der Waals surface area contributed by atoms with Gasteiger partial charge in [-0.1, -0.05) is 6.42 Å². The zero-order chi connectivity index (χ0) is 17.5. The number of amides is 1. The summed E-state index contributed by atoms with van der Waals surface area (Å²) in [7, 11) is 0. The van der Waals surface area contributed by atoms with Crippen LogP contribution in [0, 0.1) is 11.3 Å². The van der Waals surface area contributed by atoms with E-state index in [1.54, 1.807) is 0 Å². The van der Waals surface area contributed by atoms with Gasteiger partial charge in [0.25, 0.3) is 5.91 Å². The van der Waals surface area contributed by atoms with Crippen LogP contribution >= 0.6 is 11.8 Å². The second-order valence-corrected chi connectivity index (χ2v) is 7.19. The number of likely N-dealkylation sites (tertiary alicyclic amines) is 1. The van der Waals surface area contributed by atoms with Crippen molar-refractivity contribution in [3.8, 4) is 0 Å². The lowest BCUT2D eigenvalue weighted by Gasteiger charge is -2.23. The maximum atomic E-state index is 12.7. The molecule has 2 fully saturated rings. The van der Waals surface area contributed by atoms with Gasteiger partial charge in [-0.2, -0.15) is 13.2 Å². The molecule has 3 rings (SSSR count). The van der Waals surface area contributed by atoms with E-state index in [2.05, 4.69) is 4.98 Å². The van der Waals surface area contributed by atoms with Crippen molar-refractivity contribution in [2.45, 2.75) is 29.8 Å². The van der Waals surface area contributed by atoms with Gasteiger partial charge in [-0.05, 0) is 30.9 Å². The summed E-state index contributed by atoms with van der Waals surface area (Å²) in [5.41, 5.74) is -5.65. The van der Waals surface area contributed by atoms with Crippen molar-refractivity contribution in [1.29, 1.82) is 0 Å². The Kier molecular flexibility index (Phi) is 4.23. The van der Waals surface area contributed by atoms with Crippen molar-refractivity contribution in [1.82, 2.24) is 9.88 Å². The SMILES string of the molecule is O=C(c1cccnc1SC(F)(F)F)N1C[C@@H]2CCC[C@@]2(C(=O)O)C1. The molecule has 9 heteroatoms. The molecule has 1 aliphatic carbocycles. The molecule has 0 aromatic carbocycles. The largest absolute Gasteiger partial charge is 0.481 e. The lowest BCUT2D eigenvalue weighted by molar-refractivity contribution is -0.149. The molecule has 1 saturated heterocycles. The maximum absolute atomic E-state index is 12.7. The van der Waals surface area contributed by atoms with Gasteiger partial charge in [-0.15, -0.1) is 0 Å². The van der Waals surface area contributed by atoms with Gasteiger partial charge in [0.1, 0.15) is 5.03 Å². The molecule has 5 nitrogen and oxygen atoms in total. The first-order chi connectivity index (χ1) is 11.2. The van der Waals surface area contributed by atoms with Crippen LogP contribution in [0.15, 0.2) is 23.4 Å². The van der Waals surface area contributed by atoms with Gasteiger partial charge in [0.15, 0.2) is 0 Å². The highest BCUT2D eigenvalue weighted by atomic mass is 32.2. The highest BCUT2D eigenvalue weighted by Crippen LogP contribution is 2.49. The number of halogens is 3. The summed E-state index contributed by atoms with van der Waals surface area (Å²) in [5, 5.41) is 9.14. The average molecular weight is 360 g/mol. The third-order valence-electron chi connectivity index (χ3n) is 4.80. The molecule has 2 heterocycles.